The summed E-state index contributed by atoms with van der Waals surface area (Å²) in [5, 5.41) is 7.19. The molecule has 0 aliphatic heterocycles. The summed E-state index contributed by atoms with van der Waals surface area (Å²) in [5.41, 5.74) is 0.517. The van der Waals surface area contributed by atoms with E-state index in [2.05, 4.69) is 20.4 Å². The second-order valence-electron chi connectivity index (χ2n) is 5.98. The molecule has 29 heavy (non-hydrogen) atoms. The third-order valence-electron chi connectivity index (χ3n) is 3.89. The van der Waals surface area contributed by atoms with E-state index in [9.17, 15) is 18.0 Å². The van der Waals surface area contributed by atoms with Gasteiger partial charge in [0.2, 0.25) is 17.6 Å². The van der Waals surface area contributed by atoms with Crippen molar-refractivity contribution in [1.82, 2.24) is 20.4 Å². The van der Waals surface area contributed by atoms with Crippen LogP contribution >= 0.6 is 11.8 Å². The molecular formula is C19H17F3N4O2S. The van der Waals surface area contributed by atoms with Crippen LogP contribution in [-0.4, -0.2) is 26.8 Å². The number of rotatable bonds is 7. The van der Waals surface area contributed by atoms with Gasteiger partial charge in [0.1, 0.15) is 5.03 Å². The maximum Gasteiger partial charge on any atom is 0.416 e. The lowest BCUT2D eigenvalue weighted by atomic mass is 10.1. The fraction of sp³-hybridized carbons (Fsp3) is 0.263. The van der Waals surface area contributed by atoms with E-state index in [0.717, 1.165) is 12.1 Å². The first kappa shape index (κ1) is 20.8. The number of aromatic nitrogens is 3. The number of carbonyl (C=O) groups is 1. The minimum atomic E-state index is -4.38. The number of nitrogens with one attached hydrogen (secondary N) is 1. The molecule has 0 fully saturated rings. The van der Waals surface area contributed by atoms with Crippen LogP contribution in [0.15, 0.2) is 52.1 Å². The molecule has 0 saturated heterocycles. The average molecular weight is 422 g/mol. The predicted octanol–water partition coefficient (Wildman–Crippen LogP) is 4.12. The lowest BCUT2D eigenvalue weighted by Gasteiger charge is -2.09. The van der Waals surface area contributed by atoms with Crippen molar-refractivity contribution in [3.05, 3.63) is 59.6 Å². The average Bonchev–Trinajstić information content (AvgIpc) is 3.20. The number of pyridine rings is 1. The SMILES string of the molecule is CCc1nc(-c2cccnc2SCC(=O)NCc2ccc(C(F)(F)F)cc2)no1. The number of aryl methyl sites for hydroxylation is 1. The first-order valence-corrected chi connectivity index (χ1v) is 9.69. The van der Waals surface area contributed by atoms with Gasteiger partial charge in [0, 0.05) is 19.2 Å². The largest absolute Gasteiger partial charge is 0.416 e. The van der Waals surface area contributed by atoms with Gasteiger partial charge in [-0.2, -0.15) is 18.2 Å². The number of alkyl halides is 3. The monoisotopic (exact) mass is 422 g/mol. The van der Waals surface area contributed by atoms with Crippen molar-refractivity contribution in [2.24, 2.45) is 0 Å². The standard InChI is InChI=1S/C19H17F3N4O2S/c1-2-16-25-17(26-28-16)14-4-3-9-23-18(14)29-11-15(27)24-10-12-5-7-13(8-6-12)19(20,21)22/h3-9H,2,10-11H2,1H3,(H,24,27). The van der Waals surface area contributed by atoms with E-state index in [1.807, 2.05) is 6.92 Å². The molecule has 0 saturated carbocycles. The molecule has 152 valence electrons. The zero-order valence-corrected chi connectivity index (χ0v) is 16.2. The Morgan fingerprint density at radius 2 is 1.97 bits per heavy atom. The van der Waals surface area contributed by atoms with Crippen LogP contribution in [-0.2, 0) is 23.9 Å². The number of carbonyl (C=O) groups excluding carboxylic acids is 1. The van der Waals surface area contributed by atoms with E-state index in [-0.39, 0.29) is 18.2 Å². The smallest absolute Gasteiger partial charge is 0.351 e. The number of benzene rings is 1. The van der Waals surface area contributed by atoms with Gasteiger partial charge in [-0.05, 0) is 29.8 Å². The molecule has 3 rings (SSSR count). The Bertz CT molecular complexity index is 974. The van der Waals surface area contributed by atoms with Gasteiger partial charge >= 0.3 is 6.18 Å². The highest BCUT2D eigenvalue weighted by Gasteiger charge is 2.29. The molecule has 2 aromatic heterocycles. The molecule has 0 unspecified atom stereocenters. The van der Waals surface area contributed by atoms with Crippen LogP contribution in [0.2, 0.25) is 0 Å². The fourth-order valence-corrected chi connectivity index (χ4v) is 3.20. The lowest BCUT2D eigenvalue weighted by molar-refractivity contribution is -0.137. The Kier molecular flexibility index (Phi) is 6.53. The van der Waals surface area contributed by atoms with Gasteiger partial charge in [0.15, 0.2) is 0 Å². The molecule has 1 N–H and O–H groups in total. The van der Waals surface area contributed by atoms with E-state index in [1.54, 1.807) is 18.3 Å². The Hall–Kier alpha value is -2.88. The first-order valence-electron chi connectivity index (χ1n) is 8.70. The number of hydrogen-bond donors (Lipinski definition) is 1. The van der Waals surface area contributed by atoms with Gasteiger partial charge in [-0.15, -0.1) is 0 Å². The zero-order valence-electron chi connectivity index (χ0n) is 15.4. The highest BCUT2D eigenvalue weighted by molar-refractivity contribution is 8.00. The van der Waals surface area contributed by atoms with Crippen molar-refractivity contribution in [3.8, 4) is 11.4 Å². The summed E-state index contributed by atoms with van der Waals surface area (Å²) in [6.07, 6.45) is -2.16. The molecule has 3 aromatic rings. The Balaban J connectivity index is 1.56. The van der Waals surface area contributed by atoms with Crippen LogP contribution in [0, 0.1) is 0 Å². The van der Waals surface area contributed by atoms with Crippen molar-refractivity contribution in [2.75, 3.05) is 5.75 Å². The molecule has 2 heterocycles. The molecular weight excluding hydrogens is 405 g/mol. The number of halogens is 3. The van der Waals surface area contributed by atoms with Gasteiger partial charge in [0.25, 0.3) is 0 Å². The molecule has 0 bridgehead atoms. The molecule has 1 aromatic carbocycles. The molecule has 6 nitrogen and oxygen atoms in total. The van der Waals surface area contributed by atoms with Crippen molar-refractivity contribution in [1.29, 1.82) is 0 Å². The highest BCUT2D eigenvalue weighted by atomic mass is 32.2. The van der Waals surface area contributed by atoms with Gasteiger partial charge in [-0.25, -0.2) is 4.98 Å². The van der Waals surface area contributed by atoms with Gasteiger partial charge in [-0.3, -0.25) is 4.79 Å². The topological polar surface area (TPSA) is 80.9 Å². The van der Waals surface area contributed by atoms with E-state index in [0.29, 0.717) is 34.3 Å². The second kappa shape index (κ2) is 9.08. The number of amides is 1. The molecule has 10 heteroatoms. The lowest BCUT2D eigenvalue weighted by Crippen LogP contribution is -2.24. The summed E-state index contributed by atoms with van der Waals surface area (Å²) in [7, 11) is 0. The van der Waals surface area contributed by atoms with E-state index in [1.165, 1.54) is 23.9 Å². The summed E-state index contributed by atoms with van der Waals surface area (Å²) in [5.74, 6) is 0.730. The predicted molar refractivity (Wildman–Crippen MR) is 101 cm³/mol. The number of hydrogen-bond acceptors (Lipinski definition) is 6. The van der Waals surface area contributed by atoms with E-state index >= 15 is 0 Å². The van der Waals surface area contributed by atoms with Crippen molar-refractivity contribution < 1.29 is 22.5 Å². The minimum absolute atomic E-state index is 0.0864. The van der Waals surface area contributed by atoms with Crippen molar-refractivity contribution in [2.45, 2.75) is 31.1 Å². The maximum absolute atomic E-state index is 12.6. The van der Waals surface area contributed by atoms with Crippen LogP contribution in [0.1, 0.15) is 23.9 Å². The number of thioether (sulfide) groups is 1. The zero-order chi connectivity index (χ0) is 20.9. The molecule has 0 atom stereocenters. The van der Waals surface area contributed by atoms with Crippen molar-refractivity contribution >= 4 is 17.7 Å². The Morgan fingerprint density at radius 1 is 1.21 bits per heavy atom. The molecule has 1 amide bonds. The van der Waals surface area contributed by atoms with Gasteiger partial charge < -0.3 is 9.84 Å². The van der Waals surface area contributed by atoms with Crippen molar-refractivity contribution in [3.63, 3.8) is 0 Å². The summed E-state index contributed by atoms with van der Waals surface area (Å²) >= 11 is 1.21. The van der Waals surface area contributed by atoms with E-state index in [4.69, 9.17) is 4.52 Å². The van der Waals surface area contributed by atoms with Crippen LogP contribution < -0.4 is 5.32 Å². The first-order chi connectivity index (χ1) is 13.9. The van der Waals surface area contributed by atoms with Crippen LogP contribution in [0.3, 0.4) is 0 Å². The highest BCUT2D eigenvalue weighted by Crippen LogP contribution is 2.29. The maximum atomic E-state index is 12.6. The Morgan fingerprint density at radius 3 is 2.62 bits per heavy atom. The summed E-state index contributed by atoms with van der Waals surface area (Å²) in [4.78, 5) is 20.7. The summed E-state index contributed by atoms with van der Waals surface area (Å²) in [6.45, 7) is 2.04. The Labute approximate surface area is 168 Å². The molecule has 0 radical (unpaired) electrons. The third kappa shape index (κ3) is 5.57. The third-order valence-corrected chi connectivity index (χ3v) is 4.90. The second-order valence-corrected chi connectivity index (χ2v) is 6.95. The summed E-state index contributed by atoms with van der Waals surface area (Å²) < 4.78 is 42.9. The van der Waals surface area contributed by atoms with Crippen LogP contribution in [0.25, 0.3) is 11.4 Å². The van der Waals surface area contributed by atoms with Gasteiger partial charge in [0.05, 0.1) is 16.9 Å². The summed E-state index contributed by atoms with van der Waals surface area (Å²) in [6, 6.07) is 8.20. The van der Waals surface area contributed by atoms with E-state index < -0.39 is 11.7 Å². The molecule has 0 aliphatic carbocycles. The fourth-order valence-electron chi connectivity index (χ4n) is 2.38. The van der Waals surface area contributed by atoms with Crippen LogP contribution in [0.5, 0.6) is 0 Å². The molecule has 0 spiro atoms. The molecule has 0 aliphatic rings. The van der Waals surface area contributed by atoms with Crippen LogP contribution in [0.4, 0.5) is 13.2 Å². The van der Waals surface area contributed by atoms with Gasteiger partial charge in [-0.1, -0.05) is 36.0 Å². The minimum Gasteiger partial charge on any atom is -0.351 e. The quantitative estimate of drug-likeness (QED) is 0.577. The number of nitrogens with zero attached hydrogens (tertiary/aromatic N) is 3. The normalized spacial score (nSPS) is 11.4.